The molecule has 0 aromatic carbocycles. The van der Waals surface area contributed by atoms with Gasteiger partial charge in [0.05, 0.1) is 6.10 Å². The van der Waals surface area contributed by atoms with E-state index in [2.05, 4.69) is 0 Å². The molecule has 0 amide bonds. The molecule has 64 valence electrons. The summed E-state index contributed by atoms with van der Waals surface area (Å²) in [6, 6.07) is 0. The number of alkyl halides is 1. The van der Waals surface area contributed by atoms with Gasteiger partial charge in [-0.15, -0.1) is 11.6 Å². The van der Waals surface area contributed by atoms with E-state index < -0.39 is 0 Å². The fourth-order valence-corrected chi connectivity index (χ4v) is 3.11. The quantitative estimate of drug-likeness (QED) is 0.636. The molecular formula is C9H15ClO. The molecule has 0 aliphatic heterocycles. The Balaban J connectivity index is 1.96. The fraction of sp³-hybridized carbons (Fsp3) is 1.00. The Kier molecular flexibility index (Phi) is 2.11. The van der Waals surface area contributed by atoms with Crippen molar-refractivity contribution in [2.24, 2.45) is 17.8 Å². The van der Waals surface area contributed by atoms with Crippen LogP contribution in [0.4, 0.5) is 0 Å². The molecule has 3 unspecified atom stereocenters. The third-order valence-electron chi connectivity index (χ3n) is 3.45. The van der Waals surface area contributed by atoms with Crippen molar-refractivity contribution in [3.05, 3.63) is 0 Å². The number of aliphatic hydroxyl groups is 1. The maximum atomic E-state index is 9.55. The average molecular weight is 175 g/mol. The minimum atomic E-state index is -0.230. The summed E-state index contributed by atoms with van der Waals surface area (Å²) in [6.07, 6.45) is 5.10. The number of halogens is 1. The summed E-state index contributed by atoms with van der Waals surface area (Å²) in [7, 11) is 0. The van der Waals surface area contributed by atoms with Gasteiger partial charge < -0.3 is 5.11 Å². The van der Waals surface area contributed by atoms with Gasteiger partial charge in [0.1, 0.15) is 0 Å². The van der Waals surface area contributed by atoms with E-state index >= 15 is 0 Å². The minimum Gasteiger partial charge on any atom is -0.392 e. The van der Waals surface area contributed by atoms with Gasteiger partial charge >= 0.3 is 0 Å². The van der Waals surface area contributed by atoms with E-state index in [-0.39, 0.29) is 6.10 Å². The Morgan fingerprint density at radius 3 is 2.64 bits per heavy atom. The molecule has 2 rings (SSSR count). The number of rotatable bonds is 2. The van der Waals surface area contributed by atoms with Crippen LogP contribution in [0.1, 0.15) is 25.7 Å². The third kappa shape index (κ3) is 1.29. The molecule has 1 N–H and O–H groups in total. The van der Waals surface area contributed by atoms with E-state index in [0.29, 0.717) is 11.8 Å². The second-order valence-electron chi connectivity index (χ2n) is 4.06. The Morgan fingerprint density at radius 1 is 1.36 bits per heavy atom. The average Bonchev–Trinajstić information content (AvgIpc) is 2.62. The van der Waals surface area contributed by atoms with E-state index in [1.54, 1.807) is 0 Å². The normalized spacial score (nSPS) is 44.7. The van der Waals surface area contributed by atoms with Crippen LogP contribution in [0, 0.1) is 17.8 Å². The second kappa shape index (κ2) is 2.95. The van der Waals surface area contributed by atoms with Crippen molar-refractivity contribution in [3.8, 4) is 0 Å². The van der Waals surface area contributed by atoms with Crippen molar-refractivity contribution in [1.82, 2.24) is 0 Å². The third-order valence-corrected chi connectivity index (χ3v) is 3.76. The predicted octanol–water partition coefficient (Wildman–Crippen LogP) is 2.02. The van der Waals surface area contributed by atoms with Gasteiger partial charge in [-0.1, -0.05) is 6.42 Å². The highest BCUT2D eigenvalue weighted by Gasteiger charge is 2.42. The Hall–Kier alpha value is 0.250. The van der Waals surface area contributed by atoms with Crippen LogP contribution < -0.4 is 0 Å². The number of hydrogen-bond acceptors (Lipinski definition) is 1. The lowest BCUT2D eigenvalue weighted by atomic mass is 9.85. The lowest BCUT2D eigenvalue weighted by molar-refractivity contribution is 0.0933. The molecule has 0 radical (unpaired) electrons. The molecule has 0 aromatic heterocycles. The monoisotopic (exact) mass is 174 g/mol. The predicted molar refractivity (Wildman–Crippen MR) is 45.7 cm³/mol. The Morgan fingerprint density at radius 2 is 2.18 bits per heavy atom. The van der Waals surface area contributed by atoms with Gasteiger partial charge in [-0.2, -0.15) is 0 Å². The van der Waals surface area contributed by atoms with Crippen molar-refractivity contribution < 1.29 is 5.11 Å². The molecule has 2 saturated carbocycles. The van der Waals surface area contributed by atoms with Gasteiger partial charge in [-0.05, 0) is 37.0 Å². The first-order valence-electron chi connectivity index (χ1n) is 4.55. The summed E-state index contributed by atoms with van der Waals surface area (Å²) in [4.78, 5) is 0. The standard InChI is InChI=1S/C9H15ClO/c10-5-9(11)8-4-6-1-2-7(8)3-6/h6-9,11H,1-5H2/t6?,7?,8?,9-/m1/s1. The first-order chi connectivity index (χ1) is 5.31. The molecule has 0 heterocycles. The zero-order valence-electron chi connectivity index (χ0n) is 6.67. The van der Waals surface area contributed by atoms with Crippen molar-refractivity contribution >= 4 is 11.6 Å². The van der Waals surface area contributed by atoms with Gasteiger partial charge in [0, 0.05) is 5.88 Å². The smallest absolute Gasteiger partial charge is 0.0706 e. The summed E-state index contributed by atoms with van der Waals surface area (Å²) in [5.41, 5.74) is 0. The van der Waals surface area contributed by atoms with Crippen LogP contribution >= 0.6 is 11.6 Å². The van der Waals surface area contributed by atoms with Crippen LogP contribution in [0.3, 0.4) is 0 Å². The van der Waals surface area contributed by atoms with Crippen LogP contribution in [0.25, 0.3) is 0 Å². The molecule has 2 aliphatic rings. The summed E-state index contributed by atoms with van der Waals surface area (Å²) in [5.74, 6) is 2.68. The largest absolute Gasteiger partial charge is 0.392 e. The van der Waals surface area contributed by atoms with E-state index in [1.807, 2.05) is 0 Å². The summed E-state index contributed by atoms with van der Waals surface area (Å²) in [5, 5.41) is 9.55. The van der Waals surface area contributed by atoms with E-state index in [4.69, 9.17) is 11.6 Å². The van der Waals surface area contributed by atoms with Crippen LogP contribution in [-0.4, -0.2) is 17.1 Å². The first kappa shape index (κ1) is 7.88. The van der Waals surface area contributed by atoms with E-state index in [1.165, 1.54) is 25.7 Å². The van der Waals surface area contributed by atoms with Gasteiger partial charge in [-0.25, -0.2) is 0 Å². The van der Waals surface area contributed by atoms with E-state index in [0.717, 1.165) is 11.8 Å². The molecular weight excluding hydrogens is 160 g/mol. The lowest BCUT2D eigenvalue weighted by Gasteiger charge is -2.25. The maximum absolute atomic E-state index is 9.55. The van der Waals surface area contributed by atoms with Gasteiger partial charge in [0.15, 0.2) is 0 Å². The Bertz CT molecular complexity index is 148. The molecule has 0 saturated heterocycles. The van der Waals surface area contributed by atoms with Gasteiger partial charge in [0.25, 0.3) is 0 Å². The first-order valence-corrected chi connectivity index (χ1v) is 5.08. The molecule has 2 heteroatoms. The van der Waals surface area contributed by atoms with Crippen LogP contribution in [0.2, 0.25) is 0 Å². The van der Waals surface area contributed by atoms with Crippen LogP contribution in [0.15, 0.2) is 0 Å². The van der Waals surface area contributed by atoms with E-state index in [9.17, 15) is 5.11 Å². The fourth-order valence-electron chi connectivity index (χ4n) is 2.88. The summed E-state index contributed by atoms with van der Waals surface area (Å²) >= 11 is 5.62. The molecule has 1 nitrogen and oxygen atoms in total. The second-order valence-corrected chi connectivity index (χ2v) is 4.37. The van der Waals surface area contributed by atoms with Gasteiger partial charge in [0.2, 0.25) is 0 Å². The molecule has 2 fully saturated rings. The molecule has 0 aromatic rings. The summed E-state index contributed by atoms with van der Waals surface area (Å²) < 4.78 is 0. The SMILES string of the molecule is O[C@H](CCl)C1CC2CCC1C2. The Labute approximate surface area is 72.7 Å². The van der Waals surface area contributed by atoms with Crippen molar-refractivity contribution in [1.29, 1.82) is 0 Å². The maximum Gasteiger partial charge on any atom is 0.0706 e. The number of fused-ring (bicyclic) bond motifs is 2. The van der Waals surface area contributed by atoms with Crippen molar-refractivity contribution in [2.75, 3.05) is 5.88 Å². The highest BCUT2D eigenvalue weighted by molar-refractivity contribution is 6.18. The topological polar surface area (TPSA) is 20.2 Å². The summed E-state index contributed by atoms with van der Waals surface area (Å²) in [6.45, 7) is 0. The zero-order valence-corrected chi connectivity index (χ0v) is 7.43. The number of hydrogen-bond donors (Lipinski definition) is 1. The molecule has 2 aliphatic carbocycles. The highest BCUT2D eigenvalue weighted by Crippen LogP contribution is 2.49. The lowest BCUT2D eigenvalue weighted by Crippen LogP contribution is -2.26. The number of aliphatic hydroxyl groups excluding tert-OH is 1. The van der Waals surface area contributed by atoms with Gasteiger partial charge in [-0.3, -0.25) is 0 Å². The van der Waals surface area contributed by atoms with Crippen LogP contribution in [0.5, 0.6) is 0 Å². The molecule has 11 heavy (non-hydrogen) atoms. The highest BCUT2D eigenvalue weighted by atomic mass is 35.5. The minimum absolute atomic E-state index is 0.230. The molecule has 2 bridgehead atoms. The van der Waals surface area contributed by atoms with Crippen LogP contribution in [-0.2, 0) is 0 Å². The zero-order chi connectivity index (χ0) is 7.84. The van der Waals surface area contributed by atoms with Crippen molar-refractivity contribution in [2.45, 2.75) is 31.8 Å². The molecule has 4 atom stereocenters. The molecule has 0 spiro atoms. The van der Waals surface area contributed by atoms with Crippen molar-refractivity contribution in [3.63, 3.8) is 0 Å².